The number of halogens is 1. The van der Waals surface area contributed by atoms with Gasteiger partial charge in [-0.05, 0) is 58.0 Å². The monoisotopic (exact) mass is 507 g/mol. The van der Waals surface area contributed by atoms with Gasteiger partial charge in [-0.2, -0.15) is 0 Å². The number of amides is 1. The Morgan fingerprint density at radius 3 is 2.48 bits per heavy atom. The summed E-state index contributed by atoms with van der Waals surface area (Å²) in [6.07, 6.45) is 2.17. The molecule has 0 bridgehead atoms. The second-order valence-electron chi connectivity index (χ2n) is 7.30. The van der Waals surface area contributed by atoms with Gasteiger partial charge in [-0.3, -0.25) is 9.79 Å². The van der Waals surface area contributed by atoms with Crippen molar-refractivity contribution in [3.05, 3.63) is 17.5 Å². The third-order valence-corrected chi connectivity index (χ3v) is 5.51. The minimum Gasteiger partial charge on any atom is -0.363 e. The van der Waals surface area contributed by atoms with Gasteiger partial charge in [0.1, 0.15) is 0 Å². The average Bonchev–Trinajstić information content (AvgIpc) is 3.15. The van der Waals surface area contributed by atoms with E-state index in [0.29, 0.717) is 19.1 Å². The van der Waals surface area contributed by atoms with Gasteiger partial charge in [0.15, 0.2) is 5.96 Å². The Morgan fingerprint density at radius 2 is 1.93 bits per heavy atom. The van der Waals surface area contributed by atoms with Crippen molar-refractivity contribution >= 4 is 52.2 Å². The lowest BCUT2D eigenvalue weighted by molar-refractivity contribution is -0.128. The van der Waals surface area contributed by atoms with E-state index in [2.05, 4.69) is 50.3 Å². The number of nitrogens with zero attached hydrogens (tertiary/aromatic N) is 2. The second kappa shape index (κ2) is 11.7. The smallest absolute Gasteiger partial charge is 0.227 e. The number of thiophene rings is 1. The first-order valence-corrected chi connectivity index (χ1v) is 10.5. The van der Waals surface area contributed by atoms with Gasteiger partial charge in [0.05, 0.1) is 17.0 Å². The van der Waals surface area contributed by atoms with Crippen molar-refractivity contribution in [1.82, 2.24) is 16.0 Å². The molecule has 1 aromatic rings. The van der Waals surface area contributed by atoms with Crippen molar-refractivity contribution in [2.24, 2.45) is 10.4 Å². The van der Waals surface area contributed by atoms with Crippen LogP contribution in [-0.2, 0) is 4.79 Å². The fourth-order valence-electron chi connectivity index (χ4n) is 2.96. The zero-order valence-corrected chi connectivity index (χ0v) is 20.0. The zero-order valence-electron chi connectivity index (χ0n) is 16.9. The van der Waals surface area contributed by atoms with Crippen LogP contribution in [0.2, 0.25) is 0 Å². The van der Waals surface area contributed by atoms with Crippen LogP contribution in [-0.4, -0.2) is 50.6 Å². The van der Waals surface area contributed by atoms with Gasteiger partial charge in [0.2, 0.25) is 5.91 Å². The Bertz CT molecular complexity index is 583. The number of hydrogen-bond donors (Lipinski definition) is 3. The highest BCUT2D eigenvalue weighted by Crippen LogP contribution is 2.24. The third kappa shape index (κ3) is 7.48. The largest absolute Gasteiger partial charge is 0.363 e. The third-order valence-electron chi connectivity index (χ3n) is 4.58. The Kier molecular flexibility index (Phi) is 10.4. The van der Waals surface area contributed by atoms with Crippen LogP contribution in [0.1, 0.15) is 40.5 Å². The molecule has 3 N–H and O–H groups in total. The van der Waals surface area contributed by atoms with Crippen LogP contribution < -0.4 is 20.9 Å². The predicted octanol–water partition coefficient (Wildman–Crippen LogP) is 3.05. The van der Waals surface area contributed by atoms with Gasteiger partial charge in [-0.25, -0.2) is 0 Å². The van der Waals surface area contributed by atoms with Crippen LogP contribution in [0.4, 0.5) is 5.00 Å². The molecule has 0 spiro atoms. The molecule has 0 radical (unpaired) electrons. The summed E-state index contributed by atoms with van der Waals surface area (Å²) in [5, 5.41) is 13.2. The molecule has 1 saturated heterocycles. The maximum atomic E-state index is 12.1. The van der Waals surface area contributed by atoms with Crippen LogP contribution in [0.15, 0.2) is 22.5 Å². The maximum Gasteiger partial charge on any atom is 0.227 e. The Morgan fingerprint density at radius 1 is 1.26 bits per heavy atom. The topological polar surface area (TPSA) is 68.8 Å². The van der Waals surface area contributed by atoms with Crippen molar-refractivity contribution in [2.45, 2.75) is 46.6 Å². The van der Waals surface area contributed by atoms with Crippen LogP contribution in [0.25, 0.3) is 0 Å². The molecule has 2 rings (SSSR count). The van der Waals surface area contributed by atoms with Crippen molar-refractivity contribution in [3.8, 4) is 0 Å². The number of carbonyl (C=O) groups is 1. The summed E-state index contributed by atoms with van der Waals surface area (Å²) >= 11 is 1.80. The summed E-state index contributed by atoms with van der Waals surface area (Å²) in [4.78, 5) is 19.3. The molecule has 1 aliphatic rings. The first-order valence-electron chi connectivity index (χ1n) is 9.58. The molecular formula is C19H34IN5OS. The molecule has 6 nitrogen and oxygen atoms in total. The quantitative estimate of drug-likeness (QED) is 0.302. The van der Waals surface area contributed by atoms with E-state index >= 15 is 0 Å². The molecule has 0 unspecified atom stereocenters. The fraction of sp³-hybridized carbons (Fsp3) is 0.684. The lowest BCUT2D eigenvalue weighted by Gasteiger charge is -2.33. The molecule has 154 valence electrons. The first-order chi connectivity index (χ1) is 12.5. The van der Waals surface area contributed by atoms with Gasteiger partial charge in [0, 0.05) is 32.2 Å². The number of aliphatic imine (C=N–C) groups is 1. The lowest BCUT2D eigenvalue weighted by atomic mass is 9.92. The van der Waals surface area contributed by atoms with Crippen LogP contribution >= 0.6 is 35.3 Å². The van der Waals surface area contributed by atoms with E-state index in [1.165, 1.54) is 5.00 Å². The van der Waals surface area contributed by atoms with Crippen LogP contribution in [0, 0.1) is 5.41 Å². The van der Waals surface area contributed by atoms with E-state index in [0.717, 1.165) is 38.4 Å². The molecular weight excluding hydrogens is 473 g/mol. The number of guanidine groups is 1. The van der Waals surface area contributed by atoms with Crippen LogP contribution in [0.5, 0.6) is 0 Å². The Labute approximate surface area is 184 Å². The summed E-state index contributed by atoms with van der Waals surface area (Å²) in [5.41, 5.74) is -0.513. The summed E-state index contributed by atoms with van der Waals surface area (Å²) in [6, 6.07) is 4.71. The van der Waals surface area contributed by atoms with Crippen molar-refractivity contribution in [1.29, 1.82) is 0 Å². The maximum absolute atomic E-state index is 12.1. The van der Waals surface area contributed by atoms with Gasteiger partial charge < -0.3 is 20.9 Å². The highest BCUT2D eigenvalue weighted by atomic mass is 127. The minimum atomic E-state index is -0.513. The number of anilines is 1. The van der Waals surface area contributed by atoms with Crippen LogP contribution in [0.3, 0.4) is 0 Å². The van der Waals surface area contributed by atoms with E-state index in [-0.39, 0.29) is 29.9 Å². The van der Waals surface area contributed by atoms with E-state index in [4.69, 9.17) is 0 Å². The Balaban J connectivity index is 0.00000364. The van der Waals surface area contributed by atoms with Gasteiger partial charge in [-0.1, -0.05) is 0 Å². The summed E-state index contributed by atoms with van der Waals surface area (Å²) in [5.74, 6) is 0.850. The molecule has 27 heavy (non-hydrogen) atoms. The highest BCUT2D eigenvalue weighted by molar-refractivity contribution is 14.0. The predicted molar refractivity (Wildman–Crippen MR) is 127 cm³/mol. The van der Waals surface area contributed by atoms with Gasteiger partial charge >= 0.3 is 0 Å². The standard InChI is InChI=1S/C19H33N5OS.HI/c1-5-20-17(25)19(3,4)14-22-18(21-6-2)23-15-9-11-24(12-10-15)16-8-7-13-26-16;/h7-8,13,15H,5-6,9-12,14H2,1-4H3,(H,20,25)(H2,21,22,23);1H. The first kappa shape index (κ1) is 24.0. The van der Waals surface area contributed by atoms with Crippen molar-refractivity contribution in [3.63, 3.8) is 0 Å². The minimum absolute atomic E-state index is 0. The molecule has 1 aromatic heterocycles. The fourth-order valence-corrected chi connectivity index (χ4v) is 3.74. The van der Waals surface area contributed by atoms with E-state index in [9.17, 15) is 4.79 Å². The van der Waals surface area contributed by atoms with Gasteiger partial charge in [0.25, 0.3) is 0 Å². The zero-order chi connectivity index (χ0) is 19.0. The highest BCUT2D eigenvalue weighted by Gasteiger charge is 2.27. The number of hydrogen-bond acceptors (Lipinski definition) is 4. The second-order valence-corrected chi connectivity index (χ2v) is 8.22. The molecule has 2 heterocycles. The number of rotatable bonds is 7. The van der Waals surface area contributed by atoms with E-state index in [1.807, 2.05) is 20.8 Å². The molecule has 0 saturated carbocycles. The number of carbonyl (C=O) groups excluding carboxylic acids is 1. The summed E-state index contributed by atoms with van der Waals surface area (Å²) in [7, 11) is 0. The molecule has 8 heteroatoms. The molecule has 1 aliphatic heterocycles. The molecule has 0 aromatic carbocycles. The average molecular weight is 507 g/mol. The molecule has 1 fully saturated rings. The summed E-state index contributed by atoms with van der Waals surface area (Å²) < 4.78 is 0. The Hall–Kier alpha value is -1.03. The van der Waals surface area contributed by atoms with E-state index < -0.39 is 5.41 Å². The van der Waals surface area contributed by atoms with Crippen molar-refractivity contribution in [2.75, 3.05) is 37.6 Å². The van der Waals surface area contributed by atoms with Crippen molar-refractivity contribution < 1.29 is 4.79 Å². The molecule has 0 aliphatic carbocycles. The summed E-state index contributed by atoms with van der Waals surface area (Å²) in [6.45, 7) is 11.9. The molecule has 0 atom stereocenters. The van der Waals surface area contributed by atoms with E-state index in [1.54, 1.807) is 11.3 Å². The number of piperidine rings is 1. The van der Waals surface area contributed by atoms with Gasteiger partial charge in [-0.15, -0.1) is 35.3 Å². The number of nitrogens with one attached hydrogen (secondary N) is 3. The molecule has 1 amide bonds. The normalized spacial score (nSPS) is 15.9. The SMILES string of the molecule is CCNC(=O)C(C)(C)CN=C(NCC)NC1CCN(c2cccs2)CC1.I. The lowest BCUT2D eigenvalue weighted by Crippen LogP contribution is -2.49.